The average molecular weight is 316 g/mol. The van der Waals surface area contributed by atoms with E-state index in [2.05, 4.69) is 5.32 Å². The van der Waals surface area contributed by atoms with Crippen LogP contribution in [0.1, 0.15) is 13.3 Å². The minimum absolute atomic E-state index is 0.285. The third kappa shape index (κ3) is 4.03. The summed E-state index contributed by atoms with van der Waals surface area (Å²) >= 11 is 0. The Kier molecular flexibility index (Phi) is 4.90. The van der Waals surface area contributed by atoms with E-state index in [9.17, 15) is 19.2 Å². The molecular formula is C16H16N2O5. The Bertz CT molecular complexity index is 825. The van der Waals surface area contributed by atoms with Gasteiger partial charge in [-0.3, -0.25) is 19.2 Å². The number of carboxylic acid groups (broad SMARTS) is 1. The van der Waals surface area contributed by atoms with Crippen LogP contribution in [0.4, 0.5) is 0 Å². The Hall–Kier alpha value is -2.96. The zero-order chi connectivity index (χ0) is 17.0. The Morgan fingerprint density at radius 3 is 2.57 bits per heavy atom. The van der Waals surface area contributed by atoms with Gasteiger partial charge in [-0.1, -0.05) is 18.2 Å². The number of pyridine rings is 1. The van der Waals surface area contributed by atoms with Gasteiger partial charge >= 0.3 is 5.97 Å². The summed E-state index contributed by atoms with van der Waals surface area (Å²) in [5.41, 5.74) is -0.323. The van der Waals surface area contributed by atoms with Crippen molar-refractivity contribution in [2.75, 3.05) is 0 Å². The number of benzene rings is 1. The highest BCUT2D eigenvalue weighted by molar-refractivity contribution is 5.90. The van der Waals surface area contributed by atoms with Crippen molar-refractivity contribution in [2.24, 2.45) is 0 Å². The summed E-state index contributed by atoms with van der Waals surface area (Å²) in [6.07, 6.45) is 0.998. The fourth-order valence-electron chi connectivity index (χ4n) is 2.22. The number of fused-ring (bicyclic) bond motifs is 1. The number of Topliss-reactive ketones (excluding diaryl/α,β-unsaturated/α-hetero) is 1. The fraction of sp³-hybridized carbons (Fsp3) is 0.250. The monoisotopic (exact) mass is 316 g/mol. The predicted molar refractivity (Wildman–Crippen MR) is 83.1 cm³/mol. The van der Waals surface area contributed by atoms with E-state index in [1.54, 1.807) is 24.3 Å². The highest BCUT2D eigenvalue weighted by atomic mass is 16.4. The number of nitrogens with zero attached hydrogens (tertiary/aromatic N) is 1. The van der Waals surface area contributed by atoms with Crippen LogP contribution >= 0.6 is 0 Å². The first-order valence-electron chi connectivity index (χ1n) is 6.98. The average Bonchev–Trinajstić information content (AvgIpc) is 2.49. The minimum atomic E-state index is -1.19. The van der Waals surface area contributed by atoms with Gasteiger partial charge in [0.05, 0.1) is 12.5 Å². The Labute approximate surface area is 131 Å². The van der Waals surface area contributed by atoms with Gasteiger partial charge in [-0.2, -0.15) is 0 Å². The third-order valence-electron chi connectivity index (χ3n) is 3.40. The van der Waals surface area contributed by atoms with Crippen molar-refractivity contribution in [1.82, 2.24) is 9.88 Å². The minimum Gasteiger partial charge on any atom is -0.481 e. The molecule has 1 aromatic carbocycles. The molecule has 0 aliphatic carbocycles. The van der Waals surface area contributed by atoms with Crippen LogP contribution in [-0.2, 0) is 20.9 Å². The molecule has 7 heteroatoms. The zero-order valence-corrected chi connectivity index (χ0v) is 12.5. The third-order valence-corrected chi connectivity index (χ3v) is 3.40. The highest BCUT2D eigenvalue weighted by Crippen LogP contribution is 2.07. The van der Waals surface area contributed by atoms with Crippen molar-refractivity contribution in [1.29, 1.82) is 0 Å². The molecule has 2 N–H and O–H groups in total. The molecule has 1 aromatic heterocycles. The van der Waals surface area contributed by atoms with E-state index in [0.717, 1.165) is 5.39 Å². The summed E-state index contributed by atoms with van der Waals surface area (Å²) in [6, 6.07) is 7.60. The molecule has 1 heterocycles. The van der Waals surface area contributed by atoms with E-state index < -0.39 is 30.1 Å². The van der Waals surface area contributed by atoms with Gasteiger partial charge in [-0.05, 0) is 24.4 Å². The van der Waals surface area contributed by atoms with Gasteiger partial charge in [0.25, 0.3) is 5.56 Å². The van der Waals surface area contributed by atoms with Crippen molar-refractivity contribution in [3.8, 4) is 0 Å². The van der Waals surface area contributed by atoms with Crippen molar-refractivity contribution >= 4 is 28.4 Å². The van der Waals surface area contributed by atoms with Crippen LogP contribution in [0.25, 0.3) is 10.8 Å². The molecule has 0 bridgehead atoms. The summed E-state index contributed by atoms with van der Waals surface area (Å²) in [6.45, 7) is 0.920. The number of hydrogen-bond donors (Lipinski definition) is 2. The maximum absolute atomic E-state index is 12.3. The van der Waals surface area contributed by atoms with Crippen molar-refractivity contribution in [2.45, 2.75) is 25.9 Å². The van der Waals surface area contributed by atoms with Crippen molar-refractivity contribution < 1.29 is 19.5 Å². The second-order valence-electron chi connectivity index (χ2n) is 5.16. The molecule has 0 saturated heterocycles. The van der Waals surface area contributed by atoms with Gasteiger partial charge in [-0.25, -0.2) is 0 Å². The molecular weight excluding hydrogens is 300 g/mol. The highest BCUT2D eigenvalue weighted by Gasteiger charge is 2.20. The van der Waals surface area contributed by atoms with Crippen LogP contribution < -0.4 is 10.9 Å². The van der Waals surface area contributed by atoms with E-state index >= 15 is 0 Å². The van der Waals surface area contributed by atoms with Crippen LogP contribution in [0.5, 0.6) is 0 Å². The number of amides is 1. The van der Waals surface area contributed by atoms with E-state index in [0.29, 0.717) is 5.39 Å². The van der Waals surface area contributed by atoms with Gasteiger partial charge in [0, 0.05) is 11.6 Å². The molecule has 0 fully saturated rings. The quantitative estimate of drug-likeness (QED) is 0.809. The van der Waals surface area contributed by atoms with Crippen LogP contribution in [0.15, 0.2) is 41.3 Å². The van der Waals surface area contributed by atoms with Crippen molar-refractivity contribution in [3.63, 3.8) is 0 Å². The van der Waals surface area contributed by atoms with E-state index in [1.165, 1.54) is 17.7 Å². The standard InChI is InChI=1S/C16H16N2O5/c1-10(19)13(8-15(21)22)17-14(20)9-18-7-6-11-4-2-3-5-12(11)16(18)23/h2-7,13H,8-9H2,1H3,(H,17,20)(H,21,22). The number of rotatable bonds is 6. The van der Waals surface area contributed by atoms with Gasteiger partial charge in [0.1, 0.15) is 6.54 Å². The Morgan fingerprint density at radius 2 is 1.91 bits per heavy atom. The SMILES string of the molecule is CC(=O)C(CC(=O)O)NC(=O)Cn1ccc2ccccc2c1=O. The normalized spacial score (nSPS) is 11.9. The molecule has 1 unspecified atom stereocenters. The number of hydrogen-bond acceptors (Lipinski definition) is 4. The Balaban J connectivity index is 2.17. The largest absolute Gasteiger partial charge is 0.481 e. The van der Waals surface area contributed by atoms with Gasteiger partial charge < -0.3 is 15.0 Å². The molecule has 0 saturated carbocycles. The van der Waals surface area contributed by atoms with Crippen LogP contribution in [0, 0.1) is 0 Å². The lowest BCUT2D eigenvalue weighted by molar-refractivity contribution is -0.140. The number of carbonyl (C=O) groups excluding carboxylic acids is 2. The molecule has 120 valence electrons. The maximum atomic E-state index is 12.3. The number of carboxylic acids is 1. The number of ketones is 1. The molecule has 23 heavy (non-hydrogen) atoms. The van der Waals surface area contributed by atoms with Gasteiger partial charge in [0.15, 0.2) is 5.78 Å². The molecule has 0 aliphatic rings. The lowest BCUT2D eigenvalue weighted by Gasteiger charge is -2.14. The molecule has 7 nitrogen and oxygen atoms in total. The van der Waals surface area contributed by atoms with Gasteiger partial charge in [-0.15, -0.1) is 0 Å². The zero-order valence-electron chi connectivity index (χ0n) is 12.5. The fourth-order valence-corrected chi connectivity index (χ4v) is 2.22. The number of aromatic nitrogens is 1. The van der Waals surface area contributed by atoms with Crippen molar-refractivity contribution in [3.05, 3.63) is 46.9 Å². The number of nitrogens with one attached hydrogen (secondary N) is 1. The molecule has 0 aliphatic heterocycles. The smallest absolute Gasteiger partial charge is 0.305 e. The summed E-state index contributed by atoms with van der Waals surface area (Å²) in [7, 11) is 0. The molecule has 2 aromatic rings. The Morgan fingerprint density at radius 1 is 1.22 bits per heavy atom. The van der Waals surface area contributed by atoms with Crippen LogP contribution in [0.3, 0.4) is 0 Å². The lowest BCUT2D eigenvalue weighted by atomic mass is 10.1. The van der Waals surface area contributed by atoms with E-state index in [1.807, 2.05) is 6.07 Å². The molecule has 1 atom stereocenters. The first-order valence-corrected chi connectivity index (χ1v) is 6.98. The topological polar surface area (TPSA) is 105 Å². The summed E-state index contributed by atoms with van der Waals surface area (Å²) in [5.74, 6) is -2.23. The first kappa shape index (κ1) is 16.4. The summed E-state index contributed by atoms with van der Waals surface area (Å²) in [5, 5.41) is 12.3. The first-order chi connectivity index (χ1) is 10.9. The van der Waals surface area contributed by atoms with Crippen LogP contribution in [-0.4, -0.2) is 33.4 Å². The molecule has 1 amide bonds. The van der Waals surface area contributed by atoms with Gasteiger partial charge in [0.2, 0.25) is 5.91 Å². The predicted octanol–water partition coefficient (Wildman–Crippen LogP) is 0.550. The lowest BCUT2D eigenvalue weighted by Crippen LogP contribution is -2.43. The molecule has 2 rings (SSSR count). The molecule has 0 spiro atoms. The number of aliphatic carboxylic acids is 1. The number of carbonyl (C=O) groups is 3. The summed E-state index contributed by atoms with van der Waals surface area (Å²) < 4.78 is 1.22. The maximum Gasteiger partial charge on any atom is 0.305 e. The van der Waals surface area contributed by atoms with E-state index in [4.69, 9.17) is 5.11 Å². The van der Waals surface area contributed by atoms with Crippen LogP contribution in [0.2, 0.25) is 0 Å². The molecule has 0 radical (unpaired) electrons. The van der Waals surface area contributed by atoms with E-state index in [-0.39, 0.29) is 12.1 Å². The second-order valence-corrected chi connectivity index (χ2v) is 5.16. The summed E-state index contributed by atoms with van der Waals surface area (Å²) in [4.78, 5) is 46.3. The second kappa shape index (κ2) is 6.87.